The Hall–Kier alpha value is -2.13. The average Bonchev–Trinajstić information content (AvgIpc) is 2.46. The van der Waals surface area contributed by atoms with Crippen molar-refractivity contribution in [3.05, 3.63) is 65.7 Å². The molecule has 0 aliphatic heterocycles. The fourth-order valence-corrected chi connectivity index (χ4v) is 2.03. The van der Waals surface area contributed by atoms with Crippen LogP contribution in [0.5, 0.6) is 0 Å². The second-order valence-corrected chi connectivity index (χ2v) is 5.03. The first-order chi connectivity index (χ1) is 9.58. The smallest absolute Gasteiger partial charge is 0.243 e. The van der Waals surface area contributed by atoms with Gasteiger partial charge in [-0.25, -0.2) is 0 Å². The minimum Gasteiger partial charge on any atom is -0.320 e. The molecule has 2 N–H and O–H groups in total. The molecule has 20 heavy (non-hydrogen) atoms. The van der Waals surface area contributed by atoms with E-state index in [1.165, 1.54) is 5.56 Å². The lowest BCUT2D eigenvalue weighted by Crippen LogP contribution is -2.41. The topological polar surface area (TPSA) is 46.3 Å². The Balaban J connectivity index is 2.30. The van der Waals surface area contributed by atoms with Gasteiger partial charge in [-0.1, -0.05) is 48.0 Å². The fraction of sp³-hybridized carbons (Fsp3) is 0.235. The van der Waals surface area contributed by atoms with Gasteiger partial charge in [0.1, 0.15) is 0 Å². The molecule has 0 aliphatic carbocycles. The normalized spacial score (nSPS) is 11.9. The van der Waals surface area contributed by atoms with Crippen LogP contribution in [0.3, 0.4) is 0 Å². The Morgan fingerprint density at radius 1 is 1.10 bits per heavy atom. The van der Waals surface area contributed by atoms with Gasteiger partial charge in [0.15, 0.2) is 0 Å². The van der Waals surface area contributed by atoms with Gasteiger partial charge in [0.05, 0.1) is 12.6 Å². The third-order valence-corrected chi connectivity index (χ3v) is 3.18. The highest BCUT2D eigenvalue weighted by atomic mass is 16.2. The van der Waals surface area contributed by atoms with E-state index in [4.69, 9.17) is 5.73 Å². The van der Waals surface area contributed by atoms with Gasteiger partial charge < -0.3 is 10.6 Å². The number of nitrogens with two attached hydrogens (primary N) is 1. The predicted octanol–water partition coefficient (Wildman–Crippen LogP) is 2.88. The molecule has 0 heterocycles. The SMILES string of the molecule is Cc1ccc(N(Cc2ccccc2)C(=O)C(C)N)cc1. The molecule has 1 unspecified atom stereocenters. The lowest BCUT2D eigenvalue weighted by Gasteiger charge is -2.25. The number of aryl methyl sites for hydroxylation is 1. The van der Waals surface area contributed by atoms with Crippen LogP contribution in [0.4, 0.5) is 5.69 Å². The maximum absolute atomic E-state index is 12.3. The average molecular weight is 268 g/mol. The molecule has 2 aromatic rings. The second kappa shape index (κ2) is 6.35. The summed E-state index contributed by atoms with van der Waals surface area (Å²) in [5.74, 6) is -0.0716. The van der Waals surface area contributed by atoms with E-state index < -0.39 is 6.04 Å². The maximum atomic E-state index is 12.3. The molecule has 0 aliphatic rings. The summed E-state index contributed by atoms with van der Waals surface area (Å²) in [5, 5.41) is 0. The summed E-state index contributed by atoms with van der Waals surface area (Å²) in [6.45, 7) is 4.28. The van der Waals surface area contributed by atoms with Crippen molar-refractivity contribution >= 4 is 11.6 Å². The van der Waals surface area contributed by atoms with Crippen LogP contribution in [0, 0.1) is 6.92 Å². The van der Waals surface area contributed by atoms with Gasteiger partial charge in [0.25, 0.3) is 0 Å². The third kappa shape index (κ3) is 3.45. The van der Waals surface area contributed by atoms with Crippen LogP contribution >= 0.6 is 0 Å². The standard InChI is InChI=1S/C17H20N2O/c1-13-8-10-16(11-9-13)19(17(20)14(2)18)12-15-6-4-3-5-7-15/h3-11,14H,12,18H2,1-2H3. The van der Waals surface area contributed by atoms with Gasteiger partial charge in [0, 0.05) is 5.69 Å². The number of hydrogen-bond acceptors (Lipinski definition) is 2. The van der Waals surface area contributed by atoms with E-state index in [1.807, 2.05) is 61.5 Å². The van der Waals surface area contributed by atoms with E-state index in [0.29, 0.717) is 6.54 Å². The van der Waals surface area contributed by atoms with Crippen LogP contribution in [-0.2, 0) is 11.3 Å². The van der Waals surface area contributed by atoms with Gasteiger partial charge in [0.2, 0.25) is 5.91 Å². The van der Waals surface area contributed by atoms with Crippen LogP contribution in [0.15, 0.2) is 54.6 Å². The molecule has 0 spiro atoms. The number of hydrogen-bond donors (Lipinski definition) is 1. The quantitative estimate of drug-likeness (QED) is 0.926. The molecule has 0 bridgehead atoms. The van der Waals surface area contributed by atoms with Crippen LogP contribution in [0.1, 0.15) is 18.1 Å². The van der Waals surface area contributed by atoms with E-state index in [9.17, 15) is 4.79 Å². The summed E-state index contributed by atoms with van der Waals surface area (Å²) in [6, 6.07) is 17.3. The lowest BCUT2D eigenvalue weighted by molar-refractivity contribution is -0.119. The molecule has 0 saturated carbocycles. The molecule has 0 radical (unpaired) electrons. The first-order valence-corrected chi connectivity index (χ1v) is 6.75. The molecule has 0 fully saturated rings. The minimum atomic E-state index is -0.514. The fourth-order valence-electron chi connectivity index (χ4n) is 2.03. The van der Waals surface area contributed by atoms with Crippen LogP contribution in [0.25, 0.3) is 0 Å². The highest BCUT2D eigenvalue weighted by Gasteiger charge is 2.19. The number of benzene rings is 2. The molecule has 3 nitrogen and oxygen atoms in total. The Morgan fingerprint density at radius 3 is 2.25 bits per heavy atom. The number of amides is 1. The zero-order valence-corrected chi connectivity index (χ0v) is 11.9. The Bertz CT molecular complexity index is 561. The Labute approximate surface area is 120 Å². The summed E-state index contributed by atoms with van der Waals surface area (Å²) in [5.41, 5.74) is 8.90. The van der Waals surface area contributed by atoms with Crippen molar-refractivity contribution < 1.29 is 4.79 Å². The second-order valence-electron chi connectivity index (χ2n) is 5.03. The summed E-state index contributed by atoms with van der Waals surface area (Å²) in [4.78, 5) is 14.1. The zero-order valence-electron chi connectivity index (χ0n) is 11.9. The minimum absolute atomic E-state index is 0.0716. The first-order valence-electron chi connectivity index (χ1n) is 6.75. The molecule has 104 valence electrons. The third-order valence-electron chi connectivity index (χ3n) is 3.18. The van der Waals surface area contributed by atoms with Gasteiger partial charge in [-0.2, -0.15) is 0 Å². The highest BCUT2D eigenvalue weighted by Crippen LogP contribution is 2.19. The number of carbonyl (C=O) groups excluding carboxylic acids is 1. The maximum Gasteiger partial charge on any atom is 0.243 e. The van der Waals surface area contributed by atoms with Crippen molar-refractivity contribution in [1.82, 2.24) is 0 Å². The molecule has 0 aromatic heterocycles. The molecule has 1 amide bonds. The van der Waals surface area contributed by atoms with Crippen LogP contribution in [0.2, 0.25) is 0 Å². The van der Waals surface area contributed by atoms with E-state index in [2.05, 4.69) is 0 Å². The van der Waals surface area contributed by atoms with Gasteiger partial charge in [-0.05, 0) is 31.5 Å². The molecule has 3 heteroatoms. The predicted molar refractivity (Wildman–Crippen MR) is 82.5 cm³/mol. The van der Waals surface area contributed by atoms with Gasteiger partial charge in [-0.15, -0.1) is 0 Å². The number of anilines is 1. The Kier molecular flexibility index (Phi) is 4.53. The van der Waals surface area contributed by atoms with Gasteiger partial charge in [-0.3, -0.25) is 4.79 Å². The van der Waals surface area contributed by atoms with E-state index >= 15 is 0 Å². The molecular weight excluding hydrogens is 248 g/mol. The van der Waals surface area contributed by atoms with Crippen molar-refractivity contribution in [1.29, 1.82) is 0 Å². The summed E-state index contributed by atoms with van der Waals surface area (Å²) in [6.07, 6.45) is 0. The van der Waals surface area contributed by atoms with E-state index in [0.717, 1.165) is 11.3 Å². The Morgan fingerprint density at radius 2 is 1.70 bits per heavy atom. The molecular formula is C17H20N2O. The molecule has 2 rings (SSSR count). The van der Waals surface area contributed by atoms with Crippen molar-refractivity contribution in [2.24, 2.45) is 5.73 Å². The first kappa shape index (κ1) is 14.3. The lowest BCUT2D eigenvalue weighted by atomic mass is 10.1. The molecule has 2 aromatic carbocycles. The molecule has 1 atom stereocenters. The van der Waals surface area contributed by atoms with Crippen molar-refractivity contribution in [2.45, 2.75) is 26.4 Å². The van der Waals surface area contributed by atoms with E-state index in [1.54, 1.807) is 11.8 Å². The summed E-state index contributed by atoms with van der Waals surface area (Å²) in [7, 11) is 0. The summed E-state index contributed by atoms with van der Waals surface area (Å²) >= 11 is 0. The highest BCUT2D eigenvalue weighted by molar-refractivity contribution is 5.96. The number of nitrogens with zero attached hydrogens (tertiary/aromatic N) is 1. The zero-order chi connectivity index (χ0) is 14.5. The van der Waals surface area contributed by atoms with Crippen molar-refractivity contribution in [3.8, 4) is 0 Å². The summed E-state index contributed by atoms with van der Waals surface area (Å²) < 4.78 is 0. The van der Waals surface area contributed by atoms with Crippen molar-refractivity contribution in [2.75, 3.05) is 4.90 Å². The number of rotatable bonds is 4. The number of carbonyl (C=O) groups is 1. The monoisotopic (exact) mass is 268 g/mol. The largest absolute Gasteiger partial charge is 0.320 e. The van der Waals surface area contributed by atoms with Crippen LogP contribution in [-0.4, -0.2) is 11.9 Å². The van der Waals surface area contributed by atoms with Crippen LogP contribution < -0.4 is 10.6 Å². The van der Waals surface area contributed by atoms with E-state index in [-0.39, 0.29) is 5.91 Å². The van der Waals surface area contributed by atoms with Crippen molar-refractivity contribution in [3.63, 3.8) is 0 Å². The molecule has 0 saturated heterocycles. The van der Waals surface area contributed by atoms with Gasteiger partial charge >= 0.3 is 0 Å².